The fourth-order valence-corrected chi connectivity index (χ4v) is 1.15. The van der Waals surface area contributed by atoms with Crippen molar-refractivity contribution in [2.45, 2.75) is 13.5 Å². The summed E-state index contributed by atoms with van der Waals surface area (Å²) in [5.41, 5.74) is 1.07. The first-order valence-corrected chi connectivity index (χ1v) is 3.67. The molecule has 0 saturated carbocycles. The zero-order valence-corrected chi connectivity index (χ0v) is 6.82. The molecule has 66 valence electrons. The molecule has 0 bridgehead atoms. The monoisotopic (exact) mass is 169 g/mol. The van der Waals surface area contributed by atoms with E-state index in [1.54, 1.807) is 10.6 Å². The van der Waals surface area contributed by atoms with Crippen LogP contribution in [0.2, 0.25) is 0 Å². The lowest BCUT2D eigenvalue weighted by Crippen LogP contribution is -2.11. The van der Waals surface area contributed by atoms with Crippen molar-refractivity contribution in [3.8, 4) is 0 Å². The highest BCUT2D eigenvalue weighted by Crippen LogP contribution is 2.07. The molecule has 1 aromatic rings. The molecule has 0 atom stereocenters. The van der Waals surface area contributed by atoms with Gasteiger partial charge < -0.3 is 14.8 Å². The second-order valence-corrected chi connectivity index (χ2v) is 2.54. The summed E-state index contributed by atoms with van der Waals surface area (Å²) in [5.74, 6) is -0.962. The Kier molecular flexibility index (Phi) is 2.50. The molecule has 1 heterocycles. The maximum absolute atomic E-state index is 10.6. The number of hydrogen-bond donors (Lipinski definition) is 2. The summed E-state index contributed by atoms with van der Waals surface area (Å²) in [7, 11) is 0. The Morgan fingerprint density at radius 2 is 2.25 bits per heavy atom. The number of hydrogen-bond acceptors (Lipinski definition) is 2. The van der Waals surface area contributed by atoms with E-state index in [-0.39, 0.29) is 12.3 Å². The minimum atomic E-state index is -0.962. The molecule has 0 aromatic carbocycles. The molecular formula is C8H11NO3. The van der Waals surface area contributed by atoms with Gasteiger partial charge in [-0.3, -0.25) is 0 Å². The SMILES string of the molecule is Cc1ccc(C(=O)O)n1CCO. The van der Waals surface area contributed by atoms with E-state index in [4.69, 9.17) is 10.2 Å². The molecule has 4 heteroatoms. The van der Waals surface area contributed by atoms with Gasteiger partial charge in [-0.2, -0.15) is 0 Å². The van der Waals surface area contributed by atoms with E-state index in [1.165, 1.54) is 6.07 Å². The number of aliphatic hydroxyl groups is 1. The average Bonchev–Trinajstić information content (AvgIpc) is 2.34. The third-order valence-corrected chi connectivity index (χ3v) is 1.74. The molecule has 2 N–H and O–H groups in total. The van der Waals surface area contributed by atoms with Crippen molar-refractivity contribution in [1.29, 1.82) is 0 Å². The molecule has 0 aliphatic heterocycles. The van der Waals surface area contributed by atoms with Crippen LogP contribution in [0, 0.1) is 6.92 Å². The molecule has 0 aliphatic rings. The van der Waals surface area contributed by atoms with Gasteiger partial charge >= 0.3 is 5.97 Å². The first-order valence-electron chi connectivity index (χ1n) is 3.67. The van der Waals surface area contributed by atoms with Crippen LogP contribution in [0.3, 0.4) is 0 Å². The summed E-state index contributed by atoms with van der Waals surface area (Å²) in [6.07, 6.45) is 0. The van der Waals surface area contributed by atoms with Gasteiger partial charge in [-0.05, 0) is 19.1 Å². The molecule has 0 unspecified atom stereocenters. The lowest BCUT2D eigenvalue weighted by molar-refractivity contribution is 0.0683. The summed E-state index contributed by atoms with van der Waals surface area (Å²) in [6, 6.07) is 3.26. The van der Waals surface area contributed by atoms with Crippen molar-refractivity contribution in [3.05, 3.63) is 23.5 Å². The number of carboxylic acid groups (broad SMARTS) is 1. The van der Waals surface area contributed by atoms with E-state index >= 15 is 0 Å². The lowest BCUT2D eigenvalue weighted by atomic mass is 10.4. The van der Waals surface area contributed by atoms with Crippen molar-refractivity contribution in [2.24, 2.45) is 0 Å². The van der Waals surface area contributed by atoms with Crippen LogP contribution in [-0.4, -0.2) is 27.4 Å². The standard InChI is InChI=1S/C8H11NO3/c1-6-2-3-7(8(11)12)9(6)4-5-10/h2-3,10H,4-5H2,1H3,(H,11,12). The molecule has 0 aliphatic carbocycles. The predicted octanol–water partition coefficient (Wildman–Crippen LogP) is 0.487. The Balaban J connectivity index is 3.03. The summed E-state index contributed by atoms with van der Waals surface area (Å²) < 4.78 is 1.57. The maximum atomic E-state index is 10.6. The molecule has 12 heavy (non-hydrogen) atoms. The van der Waals surface area contributed by atoms with Crippen molar-refractivity contribution >= 4 is 5.97 Å². The molecule has 4 nitrogen and oxygen atoms in total. The molecule has 0 spiro atoms. The highest BCUT2D eigenvalue weighted by molar-refractivity contribution is 5.86. The van der Waals surface area contributed by atoms with Crippen LogP contribution in [0.5, 0.6) is 0 Å². The van der Waals surface area contributed by atoms with Gasteiger partial charge in [0.2, 0.25) is 0 Å². The van der Waals surface area contributed by atoms with Crippen molar-refractivity contribution in [3.63, 3.8) is 0 Å². The van der Waals surface area contributed by atoms with Crippen LogP contribution in [0.4, 0.5) is 0 Å². The Bertz CT molecular complexity index is 290. The van der Waals surface area contributed by atoms with Crippen LogP contribution >= 0.6 is 0 Å². The quantitative estimate of drug-likeness (QED) is 0.692. The van der Waals surface area contributed by atoms with Crippen LogP contribution in [0.15, 0.2) is 12.1 Å². The summed E-state index contributed by atoms with van der Waals surface area (Å²) >= 11 is 0. The van der Waals surface area contributed by atoms with E-state index in [0.717, 1.165) is 5.69 Å². The zero-order chi connectivity index (χ0) is 9.14. The Morgan fingerprint density at radius 1 is 1.58 bits per heavy atom. The number of carboxylic acids is 1. The number of carbonyl (C=O) groups is 1. The Labute approximate surface area is 70.1 Å². The molecule has 0 radical (unpaired) electrons. The molecule has 0 fully saturated rings. The second kappa shape index (κ2) is 3.40. The topological polar surface area (TPSA) is 62.5 Å². The summed E-state index contributed by atoms with van der Waals surface area (Å²) in [6.45, 7) is 2.10. The van der Waals surface area contributed by atoms with Gasteiger partial charge in [0.1, 0.15) is 5.69 Å². The van der Waals surface area contributed by atoms with Crippen molar-refractivity contribution in [1.82, 2.24) is 4.57 Å². The van der Waals surface area contributed by atoms with Crippen LogP contribution in [0.25, 0.3) is 0 Å². The first kappa shape index (κ1) is 8.80. The van der Waals surface area contributed by atoms with E-state index in [2.05, 4.69) is 0 Å². The lowest BCUT2D eigenvalue weighted by Gasteiger charge is -2.05. The van der Waals surface area contributed by atoms with Gasteiger partial charge in [0, 0.05) is 12.2 Å². The van der Waals surface area contributed by atoms with Crippen LogP contribution in [-0.2, 0) is 6.54 Å². The minimum Gasteiger partial charge on any atom is -0.477 e. The molecule has 1 rings (SSSR count). The third-order valence-electron chi connectivity index (χ3n) is 1.74. The van der Waals surface area contributed by atoms with Gasteiger partial charge in [-0.15, -0.1) is 0 Å². The largest absolute Gasteiger partial charge is 0.477 e. The Hall–Kier alpha value is -1.29. The van der Waals surface area contributed by atoms with E-state index in [0.29, 0.717) is 6.54 Å². The third kappa shape index (κ3) is 1.48. The summed E-state index contributed by atoms with van der Waals surface area (Å²) in [5, 5.41) is 17.4. The number of aromatic carboxylic acids is 1. The number of aromatic nitrogens is 1. The van der Waals surface area contributed by atoms with Crippen LogP contribution < -0.4 is 0 Å². The normalized spacial score (nSPS) is 10.2. The van der Waals surface area contributed by atoms with Crippen molar-refractivity contribution in [2.75, 3.05) is 6.61 Å². The van der Waals surface area contributed by atoms with Gasteiger partial charge in [0.05, 0.1) is 6.61 Å². The van der Waals surface area contributed by atoms with Gasteiger partial charge in [0.25, 0.3) is 0 Å². The van der Waals surface area contributed by atoms with Crippen LogP contribution in [0.1, 0.15) is 16.2 Å². The fourth-order valence-electron chi connectivity index (χ4n) is 1.15. The highest BCUT2D eigenvalue weighted by atomic mass is 16.4. The molecule has 1 aromatic heterocycles. The number of aliphatic hydroxyl groups excluding tert-OH is 1. The number of aryl methyl sites for hydroxylation is 1. The second-order valence-electron chi connectivity index (χ2n) is 2.54. The van der Waals surface area contributed by atoms with Gasteiger partial charge in [0.15, 0.2) is 0 Å². The number of rotatable bonds is 3. The average molecular weight is 169 g/mol. The predicted molar refractivity (Wildman–Crippen MR) is 43.2 cm³/mol. The highest BCUT2D eigenvalue weighted by Gasteiger charge is 2.10. The molecule has 0 saturated heterocycles. The van der Waals surface area contributed by atoms with Gasteiger partial charge in [-0.25, -0.2) is 4.79 Å². The zero-order valence-electron chi connectivity index (χ0n) is 6.82. The maximum Gasteiger partial charge on any atom is 0.352 e. The van der Waals surface area contributed by atoms with Gasteiger partial charge in [-0.1, -0.05) is 0 Å². The molecule has 0 amide bonds. The number of nitrogens with zero attached hydrogens (tertiary/aromatic N) is 1. The minimum absolute atomic E-state index is 0.0458. The van der Waals surface area contributed by atoms with E-state index in [9.17, 15) is 4.79 Å². The van der Waals surface area contributed by atoms with Crippen molar-refractivity contribution < 1.29 is 15.0 Å². The Morgan fingerprint density at radius 3 is 2.75 bits per heavy atom. The van der Waals surface area contributed by atoms with E-state index in [1.807, 2.05) is 6.92 Å². The smallest absolute Gasteiger partial charge is 0.352 e. The summed E-state index contributed by atoms with van der Waals surface area (Å²) in [4.78, 5) is 10.6. The fraction of sp³-hybridized carbons (Fsp3) is 0.375. The molecular weight excluding hydrogens is 158 g/mol. The van der Waals surface area contributed by atoms with E-state index < -0.39 is 5.97 Å². The first-order chi connectivity index (χ1) is 5.66.